The van der Waals surface area contributed by atoms with Gasteiger partial charge in [-0.3, -0.25) is 14.6 Å². The van der Waals surface area contributed by atoms with Gasteiger partial charge in [0.1, 0.15) is 0 Å². The van der Waals surface area contributed by atoms with Crippen LogP contribution >= 0.6 is 11.8 Å². The third-order valence-corrected chi connectivity index (χ3v) is 5.31. The smallest absolute Gasteiger partial charge is 0.251 e. The van der Waals surface area contributed by atoms with Gasteiger partial charge in [-0.2, -0.15) is 0 Å². The van der Waals surface area contributed by atoms with Gasteiger partial charge in [0.2, 0.25) is 0 Å². The Hall–Kier alpha value is -3.12. The summed E-state index contributed by atoms with van der Waals surface area (Å²) in [5.74, 6) is 0.582. The Bertz CT molecular complexity index is 959. The van der Waals surface area contributed by atoms with E-state index >= 15 is 0 Å². The molecule has 0 aliphatic rings. The molecular weight excluding hydrogens is 382 g/mol. The number of hydrogen-bond acceptors (Lipinski definition) is 4. The lowest BCUT2D eigenvalue weighted by Gasteiger charge is -2.08. The van der Waals surface area contributed by atoms with Crippen molar-refractivity contribution >= 4 is 23.6 Å². The van der Waals surface area contributed by atoms with Crippen LogP contribution in [0.2, 0.25) is 0 Å². The van der Waals surface area contributed by atoms with Gasteiger partial charge in [-0.1, -0.05) is 18.2 Å². The SMILES string of the molecule is CCNC(=O)c1cccc(CNC(=O)c2ccc(SCc3cccnc3)cc2)c1. The van der Waals surface area contributed by atoms with Crippen molar-refractivity contribution in [2.45, 2.75) is 24.1 Å². The zero-order chi connectivity index (χ0) is 20.5. The average molecular weight is 406 g/mol. The van der Waals surface area contributed by atoms with E-state index in [2.05, 4.69) is 15.6 Å². The fraction of sp³-hybridized carbons (Fsp3) is 0.174. The van der Waals surface area contributed by atoms with Crippen LogP contribution in [0.1, 0.15) is 38.8 Å². The Kier molecular flexibility index (Phi) is 7.41. The Morgan fingerprint density at radius 2 is 1.66 bits per heavy atom. The van der Waals surface area contributed by atoms with E-state index in [4.69, 9.17) is 0 Å². The number of nitrogens with one attached hydrogen (secondary N) is 2. The molecule has 0 radical (unpaired) electrons. The fourth-order valence-electron chi connectivity index (χ4n) is 2.72. The maximum atomic E-state index is 12.4. The number of amides is 2. The van der Waals surface area contributed by atoms with Gasteiger partial charge in [0, 0.05) is 47.3 Å². The number of thioether (sulfide) groups is 1. The van der Waals surface area contributed by atoms with Crippen molar-refractivity contribution in [1.29, 1.82) is 0 Å². The molecule has 3 aromatic rings. The molecule has 0 unspecified atom stereocenters. The van der Waals surface area contributed by atoms with Crippen molar-refractivity contribution in [3.05, 3.63) is 95.3 Å². The first kappa shape index (κ1) is 20.6. The molecule has 2 N–H and O–H groups in total. The molecule has 6 heteroatoms. The third kappa shape index (κ3) is 6.19. The molecule has 0 saturated heterocycles. The van der Waals surface area contributed by atoms with Crippen molar-refractivity contribution in [3.8, 4) is 0 Å². The zero-order valence-electron chi connectivity index (χ0n) is 16.2. The van der Waals surface area contributed by atoms with Crippen molar-refractivity contribution in [2.24, 2.45) is 0 Å². The number of carbonyl (C=O) groups excluding carboxylic acids is 2. The van der Waals surface area contributed by atoms with E-state index in [-0.39, 0.29) is 11.8 Å². The molecule has 0 saturated carbocycles. The van der Waals surface area contributed by atoms with Crippen LogP contribution < -0.4 is 10.6 Å². The Morgan fingerprint density at radius 1 is 0.897 bits per heavy atom. The third-order valence-electron chi connectivity index (χ3n) is 4.22. The van der Waals surface area contributed by atoms with E-state index in [9.17, 15) is 9.59 Å². The second-order valence-corrected chi connectivity index (χ2v) is 7.47. The van der Waals surface area contributed by atoms with Gasteiger partial charge >= 0.3 is 0 Å². The first-order valence-electron chi connectivity index (χ1n) is 9.43. The van der Waals surface area contributed by atoms with Gasteiger partial charge < -0.3 is 10.6 Å². The second-order valence-electron chi connectivity index (χ2n) is 6.42. The molecule has 2 aromatic carbocycles. The highest BCUT2D eigenvalue weighted by Gasteiger charge is 2.08. The summed E-state index contributed by atoms with van der Waals surface area (Å²) in [5, 5.41) is 5.68. The summed E-state index contributed by atoms with van der Waals surface area (Å²) in [6, 6.07) is 18.8. The topological polar surface area (TPSA) is 71.1 Å². The molecule has 0 atom stereocenters. The van der Waals surface area contributed by atoms with Gasteiger partial charge in [-0.25, -0.2) is 0 Å². The number of nitrogens with zero attached hydrogens (tertiary/aromatic N) is 1. The summed E-state index contributed by atoms with van der Waals surface area (Å²) in [7, 11) is 0. The predicted octanol–water partition coefficient (Wildman–Crippen LogP) is 4.05. The molecule has 5 nitrogen and oxygen atoms in total. The number of carbonyl (C=O) groups is 2. The minimum absolute atomic E-state index is 0.111. The highest BCUT2D eigenvalue weighted by molar-refractivity contribution is 7.98. The van der Waals surface area contributed by atoms with Crippen molar-refractivity contribution in [1.82, 2.24) is 15.6 Å². The summed E-state index contributed by atoms with van der Waals surface area (Å²) in [4.78, 5) is 29.6. The van der Waals surface area contributed by atoms with E-state index in [1.165, 1.54) is 0 Å². The van der Waals surface area contributed by atoms with Gasteiger partial charge in [0.25, 0.3) is 11.8 Å². The monoisotopic (exact) mass is 405 g/mol. The summed E-state index contributed by atoms with van der Waals surface area (Å²) in [6.45, 7) is 2.82. The Morgan fingerprint density at radius 3 is 2.38 bits per heavy atom. The molecule has 2 amide bonds. The molecule has 29 heavy (non-hydrogen) atoms. The molecule has 0 fully saturated rings. The first-order chi connectivity index (χ1) is 14.2. The number of benzene rings is 2. The zero-order valence-corrected chi connectivity index (χ0v) is 17.0. The summed E-state index contributed by atoms with van der Waals surface area (Å²) >= 11 is 1.70. The first-order valence-corrected chi connectivity index (χ1v) is 10.4. The standard InChI is InChI=1S/C23H23N3O2S/c1-2-25-23(28)20-7-3-5-17(13-20)15-26-22(27)19-8-10-21(11-9-19)29-16-18-6-4-12-24-14-18/h3-14H,2,15-16H2,1H3,(H,25,28)(H,26,27). The van der Waals surface area contributed by atoms with Crippen LogP contribution in [0, 0.1) is 0 Å². The molecule has 1 heterocycles. The minimum atomic E-state index is -0.141. The van der Waals surface area contributed by atoms with E-state index in [1.807, 2.05) is 61.7 Å². The molecule has 3 rings (SSSR count). The molecule has 1 aromatic heterocycles. The number of rotatable bonds is 8. The lowest BCUT2D eigenvalue weighted by atomic mass is 10.1. The number of pyridine rings is 1. The van der Waals surface area contributed by atoms with Crippen LogP contribution in [0.3, 0.4) is 0 Å². The van der Waals surface area contributed by atoms with Crippen LogP contribution in [0.15, 0.2) is 78.0 Å². The second kappa shape index (κ2) is 10.4. The van der Waals surface area contributed by atoms with Gasteiger partial charge in [-0.15, -0.1) is 11.8 Å². The van der Waals surface area contributed by atoms with Crippen molar-refractivity contribution < 1.29 is 9.59 Å². The van der Waals surface area contributed by atoms with E-state index < -0.39 is 0 Å². The Labute approximate surface area is 175 Å². The lowest BCUT2D eigenvalue weighted by molar-refractivity contribution is 0.0947. The fourth-order valence-corrected chi connectivity index (χ4v) is 3.55. The summed E-state index contributed by atoms with van der Waals surface area (Å²) in [5.41, 5.74) is 3.24. The maximum Gasteiger partial charge on any atom is 0.251 e. The van der Waals surface area contributed by atoms with Crippen molar-refractivity contribution in [2.75, 3.05) is 6.54 Å². The number of aromatic nitrogens is 1. The lowest BCUT2D eigenvalue weighted by Crippen LogP contribution is -2.24. The predicted molar refractivity (Wildman–Crippen MR) is 116 cm³/mol. The Balaban J connectivity index is 1.53. The highest BCUT2D eigenvalue weighted by atomic mass is 32.2. The van der Waals surface area contributed by atoms with E-state index in [1.54, 1.807) is 30.1 Å². The van der Waals surface area contributed by atoms with Gasteiger partial charge in [0.05, 0.1) is 0 Å². The van der Waals surface area contributed by atoms with Crippen LogP contribution in [0.4, 0.5) is 0 Å². The van der Waals surface area contributed by atoms with Crippen LogP contribution in [-0.2, 0) is 12.3 Å². The van der Waals surface area contributed by atoms with Crippen LogP contribution in [0.25, 0.3) is 0 Å². The van der Waals surface area contributed by atoms with E-state index in [0.29, 0.717) is 24.2 Å². The average Bonchev–Trinajstić information content (AvgIpc) is 2.77. The molecule has 0 aliphatic carbocycles. The number of hydrogen-bond donors (Lipinski definition) is 2. The van der Waals surface area contributed by atoms with Gasteiger partial charge in [-0.05, 0) is 60.5 Å². The molecule has 0 spiro atoms. The molecule has 148 valence electrons. The van der Waals surface area contributed by atoms with Crippen LogP contribution in [-0.4, -0.2) is 23.3 Å². The maximum absolute atomic E-state index is 12.4. The summed E-state index contributed by atoms with van der Waals surface area (Å²) in [6.07, 6.45) is 3.62. The largest absolute Gasteiger partial charge is 0.352 e. The molecular formula is C23H23N3O2S. The minimum Gasteiger partial charge on any atom is -0.352 e. The summed E-state index contributed by atoms with van der Waals surface area (Å²) < 4.78 is 0. The van der Waals surface area contributed by atoms with E-state index in [0.717, 1.165) is 21.8 Å². The molecule has 0 aliphatic heterocycles. The van der Waals surface area contributed by atoms with Crippen molar-refractivity contribution in [3.63, 3.8) is 0 Å². The van der Waals surface area contributed by atoms with Gasteiger partial charge in [0.15, 0.2) is 0 Å². The normalized spacial score (nSPS) is 10.4. The molecule has 0 bridgehead atoms. The quantitative estimate of drug-likeness (QED) is 0.555. The highest BCUT2D eigenvalue weighted by Crippen LogP contribution is 2.22. The van der Waals surface area contributed by atoms with Crippen LogP contribution in [0.5, 0.6) is 0 Å².